The number of hydrogen-bond donors (Lipinski definition) is 2. The van der Waals surface area contributed by atoms with Gasteiger partial charge in [-0.3, -0.25) is 4.99 Å². The normalized spacial score (nSPS) is 13.9. The first-order chi connectivity index (χ1) is 13.1. The van der Waals surface area contributed by atoms with E-state index in [-0.39, 0.29) is 12.7 Å². The summed E-state index contributed by atoms with van der Waals surface area (Å²) in [5, 5.41) is 13.5. The number of hydrogen-bond acceptors (Lipinski definition) is 3. The number of nitrogens with zero attached hydrogens (tertiary/aromatic N) is 2. The first-order valence-corrected chi connectivity index (χ1v) is 9.48. The van der Waals surface area contributed by atoms with E-state index in [0.29, 0.717) is 6.54 Å². The molecule has 0 aliphatic heterocycles. The molecule has 0 heterocycles. The van der Waals surface area contributed by atoms with Crippen molar-refractivity contribution in [2.45, 2.75) is 32.6 Å². The van der Waals surface area contributed by atoms with Crippen molar-refractivity contribution in [2.24, 2.45) is 4.99 Å². The van der Waals surface area contributed by atoms with Crippen LogP contribution in [0.15, 0.2) is 65.7 Å². The fourth-order valence-electron chi connectivity index (χ4n) is 2.72. The van der Waals surface area contributed by atoms with Gasteiger partial charge in [0, 0.05) is 20.1 Å². The lowest BCUT2D eigenvalue weighted by molar-refractivity contribution is 0.00106. The van der Waals surface area contributed by atoms with Crippen molar-refractivity contribution in [3.63, 3.8) is 0 Å². The molecule has 27 heavy (non-hydrogen) atoms. The van der Waals surface area contributed by atoms with Crippen LogP contribution >= 0.6 is 0 Å². The van der Waals surface area contributed by atoms with Gasteiger partial charge in [-0.05, 0) is 25.0 Å². The molecule has 0 amide bonds. The van der Waals surface area contributed by atoms with E-state index in [2.05, 4.69) is 27.3 Å². The van der Waals surface area contributed by atoms with Crippen LogP contribution < -0.4 is 5.32 Å². The van der Waals surface area contributed by atoms with Gasteiger partial charge in [-0.2, -0.15) is 0 Å². The zero-order valence-corrected chi connectivity index (χ0v) is 16.5. The van der Waals surface area contributed by atoms with E-state index in [4.69, 9.17) is 4.74 Å². The summed E-state index contributed by atoms with van der Waals surface area (Å²) < 4.78 is 5.78. The zero-order valence-electron chi connectivity index (χ0n) is 16.5. The molecule has 2 N–H and O–H groups in total. The molecule has 0 aliphatic carbocycles. The predicted molar refractivity (Wildman–Crippen MR) is 111 cm³/mol. The van der Waals surface area contributed by atoms with Crippen LogP contribution in [0.4, 0.5) is 0 Å². The van der Waals surface area contributed by atoms with Gasteiger partial charge in [-0.1, -0.05) is 60.7 Å². The van der Waals surface area contributed by atoms with E-state index in [1.807, 2.05) is 69.4 Å². The van der Waals surface area contributed by atoms with Gasteiger partial charge >= 0.3 is 0 Å². The van der Waals surface area contributed by atoms with Gasteiger partial charge in [0.15, 0.2) is 5.96 Å². The molecule has 2 atom stereocenters. The molecule has 0 bridgehead atoms. The molecule has 2 rings (SSSR count). The molecule has 0 aromatic heterocycles. The quantitative estimate of drug-likeness (QED) is 0.526. The van der Waals surface area contributed by atoms with Crippen molar-refractivity contribution >= 4 is 5.96 Å². The van der Waals surface area contributed by atoms with Crippen LogP contribution in [0.5, 0.6) is 0 Å². The number of rotatable bonds is 9. The molecule has 0 radical (unpaired) electrons. The van der Waals surface area contributed by atoms with Gasteiger partial charge in [-0.15, -0.1) is 0 Å². The Kier molecular flexibility index (Phi) is 8.81. The van der Waals surface area contributed by atoms with Crippen LogP contribution in [0.25, 0.3) is 0 Å². The summed E-state index contributed by atoms with van der Waals surface area (Å²) in [7, 11) is 1.99. The molecule has 2 aromatic rings. The Morgan fingerprint density at radius 1 is 1.11 bits per heavy atom. The second kappa shape index (κ2) is 11.4. The Hall–Kier alpha value is -2.37. The maximum absolute atomic E-state index is 10.3. The average Bonchev–Trinajstić information content (AvgIpc) is 2.70. The summed E-state index contributed by atoms with van der Waals surface area (Å²) in [6, 6.07) is 20.3. The van der Waals surface area contributed by atoms with Gasteiger partial charge in [-0.25, -0.2) is 0 Å². The first-order valence-electron chi connectivity index (χ1n) is 9.48. The van der Waals surface area contributed by atoms with Gasteiger partial charge in [0.25, 0.3) is 0 Å². The highest BCUT2D eigenvalue weighted by atomic mass is 16.5. The minimum Gasteiger partial charge on any atom is -0.389 e. The Balaban J connectivity index is 1.85. The molecule has 0 spiro atoms. The summed E-state index contributed by atoms with van der Waals surface area (Å²) >= 11 is 0. The van der Waals surface area contributed by atoms with Gasteiger partial charge in [0.05, 0.1) is 25.4 Å². The minimum atomic E-state index is -0.644. The van der Waals surface area contributed by atoms with Crippen molar-refractivity contribution < 1.29 is 9.84 Å². The third-order valence-corrected chi connectivity index (χ3v) is 4.22. The second-order valence-corrected chi connectivity index (χ2v) is 6.58. The average molecular weight is 370 g/mol. The molecular weight excluding hydrogens is 338 g/mol. The molecule has 0 aliphatic rings. The summed E-state index contributed by atoms with van der Waals surface area (Å²) in [6.07, 6.45) is -0.700. The fourth-order valence-corrected chi connectivity index (χ4v) is 2.72. The van der Waals surface area contributed by atoms with E-state index in [1.165, 1.54) is 5.56 Å². The first kappa shape index (κ1) is 20.9. The van der Waals surface area contributed by atoms with Gasteiger partial charge in [0.1, 0.15) is 0 Å². The highest BCUT2D eigenvalue weighted by molar-refractivity contribution is 5.79. The number of aliphatic imine (C=N–C) groups is 1. The van der Waals surface area contributed by atoms with Crippen LogP contribution in [-0.2, 0) is 11.3 Å². The minimum absolute atomic E-state index is 0.0566. The number of ether oxygens (including phenoxy) is 1. The van der Waals surface area contributed by atoms with Crippen LogP contribution in [0.1, 0.15) is 31.1 Å². The highest BCUT2D eigenvalue weighted by Crippen LogP contribution is 2.16. The van der Waals surface area contributed by atoms with E-state index >= 15 is 0 Å². The Morgan fingerprint density at radius 2 is 1.74 bits per heavy atom. The van der Waals surface area contributed by atoms with Crippen molar-refractivity contribution in [2.75, 3.05) is 26.7 Å². The summed E-state index contributed by atoms with van der Waals surface area (Å²) in [5.74, 6) is 0.775. The maximum Gasteiger partial charge on any atom is 0.194 e. The molecule has 0 fully saturated rings. The van der Waals surface area contributed by atoms with Crippen LogP contribution in [0.2, 0.25) is 0 Å². The standard InChI is InChI=1S/C22H31N3O2/c1-4-23-22(25(3)16-19-11-7-5-8-12-19)24-15-21(26)17-27-18(2)20-13-9-6-10-14-20/h5-14,18,21,26H,4,15-17H2,1-3H3,(H,23,24). The SMILES string of the molecule is CCNC(=NCC(O)COC(C)c1ccccc1)N(C)Cc1ccccc1. The number of aliphatic hydroxyl groups is 1. The summed E-state index contributed by atoms with van der Waals surface area (Å²) in [4.78, 5) is 6.62. The number of nitrogens with one attached hydrogen (secondary N) is 1. The lowest BCUT2D eigenvalue weighted by Gasteiger charge is -2.23. The van der Waals surface area contributed by atoms with Crippen LogP contribution in [-0.4, -0.2) is 48.8 Å². The molecular formula is C22H31N3O2. The third kappa shape index (κ3) is 7.41. The predicted octanol–water partition coefficient (Wildman–Crippen LogP) is 3.22. The van der Waals surface area contributed by atoms with Crippen molar-refractivity contribution in [3.8, 4) is 0 Å². The maximum atomic E-state index is 10.3. The highest BCUT2D eigenvalue weighted by Gasteiger charge is 2.11. The molecule has 5 heteroatoms. The van der Waals surface area contributed by atoms with Crippen LogP contribution in [0, 0.1) is 0 Å². The number of aliphatic hydroxyl groups excluding tert-OH is 1. The zero-order chi connectivity index (χ0) is 19.5. The van der Waals surface area contributed by atoms with E-state index < -0.39 is 6.10 Å². The molecule has 2 aromatic carbocycles. The topological polar surface area (TPSA) is 57.1 Å². The largest absolute Gasteiger partial charge is 0.389 e. The summed E-state index contributed by atoms with van der Waals surface area (Å²) in [6.45, 7) is 6.10. The fraction of sp³-hybridized carbons (Fsp3) is 0.409. The van der Waals surface area contributed by atoms with Gasteiger partial charge < -0.3 is 20.1 Å². The number of benzene rings is 2. The molecule has 0 saturated carbocycles. The molecule has 5 nitrogen and oxygen atoms in total. The van der Waals surface area contributed by atoms with Gasteiger partial charge in [0.2, 0.25) is 0 Å². The van der Waals surface area contributed by atoms with E-state index in [9.17, 15) is 5.11 Å². The summed E-state index contributed by atoms with van der Waals surface area (Å²) in [5.41, 5.74) is 2.32. The van der Waals surface area contributed by atoms with E-state index in [1.54, 1.807) is 0 Å². The second-order valence-electron chi connectivity index (χ2n) is 6.58. The lowest BCUT2D eigenvalue weighted by atomic mass is 10.1. The smallest absolute Gasteiger partial charge is 0.194 e. The third-order valence-electron chi connectivity index (χ3n) is 4.22. The lowest BCUT2D eigenvalue weighted by Crippen LogP contribution is -2.39. The Morgan fingerprint density at radius 3 is 2.37 bits per heavy atom. The molecule has 2 unspecified atom stereocenters. The van der Waals surface area contributed by atoms with E-state index in [0.717, 1.165) is 24.6 Å². The Labute approximate surface area is 162 Å². The molecule has 0 saturated heterocycles. The molecule has 146 valence electrons. The Bertz CT molecular complexity index is 676. The van der Waals surface area contributed by atoms with Crippen LogP contribution in [0.3, 0.4) is 0 Å². The van der Waals surface area contributed by atoms with Crippen molar-refractivity contribution in [3.05, 3.63) is 71.8 Å². The monoisotopic (exact) mass is 369 g/mol. The van der Waals surface area contributed by atoms with Crippen molar-refractivity contribution in [1.82, 2.24) is 10.2 Å². The number of guanidine groups is 1. The van der Waals surface area contributed by atoms with Crippen molar-refractivity contribution in [1.29, 1.82) is 0 Å².